The number of imidazole rings is 1. The molecule has 2 N–H and O–H groups in total. The lowest BCUT2D eigenvalue weighted by Crippen LogP contribution is -2.39. The first-order valence-corrected chi connectivity index (χ1v) is 6.93. The third kappa shape index (κ3) is 4.91. The highest BCUT2D eigenvalue weighted by Gasteiger charge is 2.01. The summed E-state index contributed by atoms with van der Waals surface area (Å²) in [6.07, 6.45) is 6.06. The average Bonchev–Trinajstić information content (AvgIpc) is 3.01. The number of nitrogens with zero attached hydrogens (tertiary/aromatic N) is 3. The summed E-state index contributed by atoms with van der Waals surface area (Å²) in [5, 5.41) is 6.38. The number of rotatable bonds is 6. The number of hydrogen-bond acceptors (Lipinski definition) is 2. The minimum Gasteiger partial charge on any atom is -0.356 e. The van der Waals surface area contributed by atoms with Crippen molar-refractivity contribution in [2.75, 3.05) is 20.1 Å². The van der Waals surface area contributed by atoms with E-state index in [4.69, 9.17) is 0 Å². The minimum absolute atomic E-state index is 0.164. The molecule has 0 saturated heterocycles. The molecule has 0 radical (unpaired) electrons. The molecule has 1 aromatic heterocycles. The van der Waals surface area contributed by atoms with Crippen molar-refractivity contribution in [3.63, 3.8) is 0 Å². The molecule has 112 valence electrons. The molecule has 0 fully saturated rings. The second-order valence-corrected chi connectivity index (χ2v) is 4.57. The molecule has 0 saturated carbocycles. The van der Waals surface area contributed by atoms with Crippen LogP contribution in [0.5, 0.6) is 0 Å². The van der Waals surface area contributed by atoms with Crippen molar-refractivity contribution < 1.29 is 4.39 Å². The molecule has 0 aliphatic carbocycles. The number of guanidine groups is 1. The van der Waals surface area contributed by atoms with Crippen LogP contribution in [0.25, 0.3) is 0 Å². The molecule has 0 unspecified atom stereocenters. The van der Waals surface area contributed by atoms with Crippen LogP contribution in [0.3, 0.4) is 0 Å². The highest BCUT2D eigenvalue weighted by Crippen LogP contribution is 2.05. The monoisotopic (exact) mass is 289 g/mol. The van der Waals surface area contributed by atoms with Crippen molar-refractivity contribution in [3.05, 3.63) is 54.4 Å². The summed E-state index contributed by atoms with van der Waals surface area (Å²) in [6.45, 7) is 2.19. The number of benzene rings is 1. The second-order valence-electron chi connectivity index (χ2n) is 4.57. The van der Waals surface area contributed by atoms with Crippen LogP contribution in [-0.2, 0) is 13.0 Å². The fraction of sp³-hybridized carbons (Fsp3) is 0.333. The summed E-state index contributed by atoms with van der Waals surface area (Å²) in [5.74, 6) is 0.550. The highest BCUT2D eigenvalue weighted by atomic mass is 19.1. The third-order valence-electron chi connectivity index (χ3n) is 3.09. The Bertz CT molecular complexity index is 565. The van der Waals surface area contributed by atoms with Gasteiger partial charge < -0.3 is 15.2 Å². The van der Waals surface area contributed by atoms with Gasteiger partial charge in [-0.2, -0.15) is 0 Å². The first kappa shape index (κ1) is 15.0. The minimum atomic E-state index is -0.164. The van der Waals surface area contributed by atoms with Gasteiger partial charge in [0.25, 0.3) is 0 Å². The first-order chi connectivity index (χ1) is 10.3. The van der Waals surface area contributed by atoms with E-state index in [0.717, 1.165) is 13.1 Å². The standard InChI is InChI=1S/C15H20FN5/c1-17-15(20-9-11-21-10-8-18-12-21)19-7-6-13-4-2-3-5-14(13)16/h2-5,8,10,12H,6-7,9,11H2,1H3,(H2,17,19,20). The van der Waals surface area contributed by atoms with Crippen LogP contribution in [0.15, 0.2) is 48.0 Å². The van der Waals surface area contributed by atoms with E-state index in [0.29, 0.717) is 24.5 Å². The topological polar surface area (TPSA) is 54.2 Å². The summed E-state index contributed by atoms with van der Waals surface area (Å²) in [5.41, 5.74) is 0.707. The Morgan fingerprint density at radius 1 is 1.29 bits per heavy atom. The van der Waals surface area contributed by atoms with Gasteiger partial charge in [-0.3, -0.25) is 4.99 Å². The van der Waals surface area contributed by atoms with Crippen molar-refractivity contribution >= 4 is 5.96 Å². The van der Waals surface area contributed by atoms with Gasteiger partial charge in [-0.25, -0.2) is 9.37 Å². The summed E-state index contributed by atoms with van der Waals surface area (Å²) >= 11 is 0. The number of nitrogens with one attached hydrogen (secondary N) is 2. The first-order valence-electron chi connectivity index (χ1n) is 6.93. The Morgan fingerprint density at radius 2 is 2.10 bits per heavy atom. The van der Waals surface area contributed by atoms with Crippen LogP contribution >= 0.6 is 0 Å². The van der Waals surface area contributed by atoms with Gasteiger partial charge in [-0.15, -0.1) is 0 Å². The summed E-state index contributed by atoms with van der Waals surface area (Å²) in [7, 11) is 1.72. The highest BCUT2D eigenvalue weighted by molar-refractivity contribution is 5.79. The van der Waals surface area contributed by atoms with E-state index >= 15 is 0 Å². The van der Waals surface area contributed by atoms with Crippen LogP contribution in [0.1, 0.15) is 5.56 Å². The van der Waals surface area contributed by atoms with E-state index in [2.05, 4.69) is 20.6 Å². The van der Waals surface area contributed by atoms with Gasteiger partial charge in [0.05, 0.1) is 6.33 Å². The largest absolute Gasteiger partial charge is 0.356 e. The quantitative estimate of drug-likeness (QED) is 0.625. The van der Waals surface area contributed by atoms with Crippen molar-refractivity contribution in [1.82, 2.24) is 20.2 Å². The molecule has 1 aromatic carbocycles. The van der Waals surface area contributed by atoms with E-state index in [1.165, 1.54) is 6.07 Å². The van der Waals surface area contributed by atoms with Crippen molar-refractivity contribution in [2.45, 2.75) is 13.0 Å². The molecule has 0 atom stereocenters. The SMILES string of the molecule is CN=C(NCCc1ccccc1F)NCCn1ccnc1. The Hall–Kier alpha value is -2.37. The lowest BCUT2D eigenvalue weighted by Gasteiger charge is -2.12. The molecule has 6 heteroatoms. The lowest BCUT2D eigenvalue weighted by molar-refractivity contribution is 0.606. The predicted octanol–water partition coefficient (Wildman–Crippen LogP) is 1.43. The number of hydrogen-bond donors (Lipinski definition) is 2. The maximum Gasteiger partial charge on any atom is 0.191 e. The van der Waals surface area contributed by atoms with E-state index in [1.807, 2.05) is 16.8 Å². The van der Waals surface area contributed by atoms with E-state index < -0.39 is 0 Å². The van der Waals surface area contributed by atoms with Gasteiger partial charge >= 0.3 is 0 Å². The predicted molar refractivity (Wildman–Crippen MR) is 81.7 cm³/mol. The molecule has 0 aliphatic rings. The Labute approximate surface area is 123 Å². The molecular formula is C15H20FN5. The van der Waals surface area contributed by atoms with Crippen LogP contribution in [0, 0.1) is 5.82 Å². The van der Waals surface area contributed by atoms with Crippen LogP contribution in [-0.4, -0.2) is 35.6 Å². The Balaban J connectivity index is 1.69. The Kier molecular flexibility index (Phi) is 5.75. The van der Waals surface area contributed by atoms with Crippen LogP contribution in [0.4, 0.5) is 4.39 Å². The smallest absolute Gasteiger partial charge is 0.191 e. The number of aromatic nitrogens is 2. The summed E-state index contributed by atoms with van der Waals surface area (Å²) in [6, 6.07) is 6.82. The van der Waals surface area contributed by atoms with Crippen LogP contribution < -0.4 is 10.6 Å². The molecule has 5 nitrogen and oxygen atoms in total. The maximum absolute atomic E-state index is 13.5. The molecule has 21 heavy (non-hydrogen) atoms. The third-order valence-corrected chi connectivity index (χ3v) is 3.09. The van der Waals surface area contributed by atoms with Gasteiger partial charge in [0.2, 0.25) is 0 Å². The van der Waals surface area contributed by atoms with Gasteiger partial charge in [0.1, 0.15) is 5.82 Å². The zero-order valence-electron chi connectivity index (χ0n) is 12.1. The second kappa shape index (κ2) is 8.04. The van der Waals surface area contributed by atoms with Gasteiger partial charge in [-0.1, -0.05) is 18.2 Å². The molecule has 0 amide bonds. The molecule has 0 aliphatic heterocycles. The van der Waals surface area contributed by atoms with Gasteiger partial charge in [0, 0.05) is 39.1 Å². The zero-order chi connectivity index (χ0) is 14.9. The fourth-order valence-electron chi connectivity index (χ4n) is 1.96. The Morgan fingerprint density at radius 3 is 2.81 bits per heavy atom. The fourth-order valence-corrected chi connectivity index (χ4v) is 1.96. The zero-order valence-corrected chi connectivity index (χ0v) is 12.1. The van der Waals surface area contributed by atoms with E-state index in [-0.39, 0.29) is 5.82 Å². The molecule has 2 aromatic rings. The van der Waals surface area contributed by atoms with Crippen molar-refractivity contribution in [3.8, 4) is 0 Å². The van der Waals surface area contributed by atoms with E-state index in [9.17, 15) is 4.39 Å². The number of halogens is 1. The number of aliphatic imine (C=N–C) groups is 1. The van der Waals surface area contributed by atoms with E-state index in [1.54, 1.807) is 31.7 Å². The van der Waals surface area contributed by atoms with Gasteiger partial charge in [-0.05, 0) is 18.1 Å². The lowest BCUT2D eigenvalue weighted by atomic mass is 10.1. The molecule has 1 heterocycles. The van der Waals surface area contributed by atoms with Crippen LogP contribution in [0.2, 0.25) is 0 Å². The normalized spacial score (nSPS) is 11.4. The summed E-state index contributed by atoms with van der Waals surface area (Å²) < 4.78 is 15.5. The molecular weight excluding hydrogens is 269 g/mol. The molecule has 2 rings (SSSR count). The average molecular weight is 289 g/mol. The molecule has 0 spiro atoms. The van der Waals surface area contributed by atoms with Crippen molar-refractivity contribution in [1.29, 1.82) is 0 Å². The molecule has 0 bridgehead atoms. The maximum atomic E-state index is 13.5. The van der Waals surface area contributed by atoms with Crippen molar-refractivity contribution in [2.24, 2.45) is 4.99 Å². The summed E-state index contributed by atoms with van der Waals surface area (Å²) in [4.78, 5) is 8.12. The van der Waals surface area contributed by atoms with Gasteiger partial charge in [0.15, 0.2) is 5.96 Å².